The first-order chi connectivity index (χ1) is 7.90. The second-order valence-electron chi connectivity index (χ2n) is 5.50. The maximum Gasteiger partial charge on any atom is 0.203 e. The molecule has 17 heavy (non-hydrogen) atoms. The first-order valence-corrected chi connectivity index (χ1v) is 6.34. The van der Waals surface area contributed by atoms with Crippen molar-refractivity contribution in [1.29, 1.82) is 0 Å². The first kappa shape index (κ1) is 14.0. The fraction of sp³-hybridized carbons (Fsp3) is 0.769. The highest BCUT2D eigenvalue weighted by atomic mass is 15.2. The minimum absolute atomic E-state index is 0.431. The largest absolute Gasteiger partial charge is 0.355 e. The molecule has 1 aromatic rings. The summed E-state index contributed by atoms with van der Waals surface area (Å²) in [5.74, 6) is 1.62. The number of hydrogen-bond donors (Lipinski definition) is 1. The molecule has 1 unspecified atom stereocenters. The number of anilines is 1. The van der Waals surface area contributed by atoms with Crippen LogP contribution in [0, 0.1) is 12.8 Å². The van der Waals surface area contributed by atoms with E-state index in [0.717, 1.165) is 24.7 Å². The van der Waals surface area contributed by atoms with Gasteiger partial charge in [-0.25, -0.2) is 4.98 Å². The van der Waals surface area contributed by atoms with E-state index in [-0.39, 0.29) is 0 Å². The van der Waals surface area contributed by atoms with Gasteiger partial charge in [-0.15, -0.1) is 0 Å². The molecule has 1 rings (SSSR count). The summed E-state index contributed by atoms with van der Waals surface area (Å²) in [6, 6.07) is 0.431. The number of rotatable bonds is 6. The van der Waals surface area contributed by atoms with Crippen molar-refractivity contribution in [2.75, 3.05) is 32.5 Å². The molecule has 98 valence electrons. The lowest BCUT2D eigenvalue weighted by Gasteiger charge is -2.21. The van der Waals surface area contributed by atoms with Crippen LogP contribution in [0.4, 0.5) is 5.95 Å². The van der Waals surface area contributed by atoms with Crippen molar-refractivity contribution in [3.63, 3.8) is 0 Å². The van der Waals surface area contributed by atoms with Crippen LogP contribution in [0.3, 0.4) is 0 Å². The summed E-state index contributed by atoms with van der Waals surface area (Å²) in [4.78, 5) is 6.74. The van der Waals surface area contributed by atoms with E-state index < -0.39 is 0 Å². The minimum Gasteiger partial charge on any atom is -0.355 e. The lowest BCUT2D eigenvalue weighted by Crippen LogP contribution is -2.23. The predicted molar refractivity (Wildman–Crippen MR) is 73.6 cm³/mol. The Labute approximate surface area is 105 Å². The molecule has 1 atom stereocenters. The number of aromatic nitrogens is 2. The standard InChI is InChI=1S/C13H26N4/c1-10(2)7-14-13-15-11(3)8-17(13)12(4)9-16(5)6/h8,10,12H,7,9H2,1-6H3,(H,14,15). The molecule has 1 aromatic heterocycles. The normalized spacial score (nSPS) is 13.4. The smallest absolute Gasteiger partial charge is 0.203 e. The number of aryl methyl sites for hydroxylation is 1. The van der Waals surface area contributed by atoms with E-state index in [1.807, 2.05) is 6.92 Å². The highest BCUT2D eigenvalue weighted by molar-refractivity contribution is 5.29. The summed E-state index contributed by atoms with van der Waals surface area (Å²) < 4.78 is 2.23. The first-order valence-electron chi connectivity index (χ1n) is 6.34. The fourth-order valence-corrected chi connectivity index (χ4v) is 1.89. The molecule has 0 saturated carbocycles. The van der Waals surface area contributed by atoms with Crippen LogP contribution < -0.4 is 5.32 Å². The Morgan fingerprint density at radius 3 is 2.53 bits per heavy atom. The Morgan fingerprint density at radius 1 is 1.35 bits per heavy atom. The van der Waals surface area contributed by atoms with Crippen LogP contribution in [0.1, 0.15) is 32.5 Å². The van der Waals surface area contributed by atoms with Crippen LogP contribution in [0.5, 0.6) is 0 Å². The van der Waals surface area contributed by atoms with Crippen LogP contribution in [-0.4, -0.2) is 41.6 Å². The Bertz CT molecular complexity index is 341. The summed E-state index contributed by atoms with van der Waals surface area (Å²) in [6.07, 6.45) is 2.12. The van der Waals surface area contributed by atoms with Crippen LogP contribution in [0.2, 0.25) is 0 Å². The van der Waals surface area contributed by atoms with E-state index in [1.54, 1.807) is 0 Å². The zero-order chi connectivity index (χ0) is 13.0. The highest BCUT2D eigenvalue weighted by Gasteiger charge is 2.12. The molecular weight excluding hydrogens is 212 g/mol. The number of likely N-dealkylation sites (N-methyl/N-ethyl adjacent to an activating group) is 1. The van der Waals surface area contributed by atoms with Crippen molar-refractivity contribution >= 4 is 5.95 Å². The van der Waals surface area contributed by atoms with Crippen molar-refractivity contribution < 1.29 is 0 Å². The van der Waals surface area contributed by atoms with Crippen LogP contribution >= 0.6 is 0 Å². The monoisotopic (exact) mass is 238 g/mol. The van der Waals surface area contributed by atoms with E-state index >= 15 is 0 Å². The maximum absolute atomic E-state index is 4.54. The Balaban J connectivity index is 2.76. The summed E-state index contributed by atoms with van der Waals surface area (Å²) in [6.45, 7) is 10.7. The van der Waals surface area contributed by atoms with Crippen molar-refractivity contribution in [2.45, 2.75) is 33.7 Å². The van der Waals surface area contributed by atoms with Gasteiger partial charge in [0.1, 0.15) is 0 Å². The minimum atomic E-state index is 0.431. The molecule has 0 spiro atoms. The van der Waals surface area contributed by atoms with Crippen molar-refractivity contribution in [2.24, 2.45) is 5.92 Å². The predicted octanol–water partition coefficient (Wildman–Crippen LogP) is 2.38. The Morgan fingerprint density at radius 2 is 2.00 bits per heavy atom. The maximum atomic E-state index is 4.54. The van der Waals surface area contributed by atoms with E-state index in [1.165, 1.54) is 0 Å². The van der Waals surface area contributed by atoms with Gasteiger partial charge in [0.25, 0.3) is 0 Å². The third kappa shape index (κ3) is 4.38. The SMILES string of the molecule is Cc1cn(C(C)CN(C)C)c(NCC(C)C)n1. The molecule has 0 amide bonds. The molecule has 4 heteroatoms. The number of nitrogens with zero attached hydrogens (tertiary/aromatic N) is 3. The van der Waals surface area contributed by atoms with Gasteiger partial charge in [0.2, 0.25) is 5.95 Å². The van der Waals surface area contributed by atoms with E-state index in [2.05, 4.69) is 60.8 Å². The van der Waals surface area contributed by atoms with Gasteiger partial charge in [-0.1, -0.05) is 13.8 Å². The molecule has 0 aliphatic rings. The van der Waals surface area contributed by atoms with Gasteiger partial charge in [-0.2, -0.15) is 0 Å². The highest BCUT2D eigenvalue weighted by Crippen LogP contribution is 2.16. The molecule has 1 heterocycles. The van der Waals surface area contributed by atoms with Gasteiger partial charge in [-0.05, 0) is 33.9 Å². The zero-order valence-electron chi connectivity index (χ0n) is 12.0. The quantitative estimate of drug-likeness (QED) is 0.826. The average Bonchev–Trinajstić information content (AvgIpc) is 2.55. The topological polar surface area (TPSA) is 33.1 Å². The molecule has 0 bridgehead atoms. The van der Waals surface area contributed by atoms with Gasteiger partial charge >= 0.3 is 0 Å². The molecule has 0 fully saturated rings. The van der Waals surface area contributed by atoms with Gasteiger partial charge in [0, 0.05) is 25.3 Å². The van der Waals surface area contributed by atoms with Gasteiger partial charge in [-0.3, -0.25) is 0 Å². The summed E-state index contributed by atoms with van der Waals surface area (Å²) in [5.41, 5.74) is 1.07. The third-order valence-corrected chi connectivity index (χ3v) is 2.63. The van der Waals surface area contributed by atoms with Gasteiger partial charge in [0.05, 0.1) is 5.69 Å². The lowest BCUT2D eigenvalue weighted by molar-refractivity contribution is 0.338. The second-order valence-corrected chi connectivity index (χ2v) is 5.50. The van der Waals surface area contributed by atoms with Crippen LogP contribution in [0.25, 0.3) is 0 Å². The number of imidazole rings is 1. The summed E-state index contributed by atoms with van der Waals surface area (Å²) >= 11 is 0. The average molecular weight is 238 g/mol. The van der Waals surface area contributed by atoms with Crippen molar-refractivity contribution in [3.8, 4) is 0 Å². The van der Waals surface area contributed by atoms with E-state index in [4.69, 9.17) is 0 Å². The second kappa shape index (κ2) is 6.05. The Hall–Kier alpha value is -1.03. The molecular formula is C13H26N4. The van der Waals surface area contributed by atoms with Crippen molar-refractivity contribution in [1.82, 2.24) is 14.5 Å². The zero-order valence-corrected chi connectivity index (χ0v) is 12.0. The Kier molecular flexibility index (Phi) is 5.00. The number of hydrogen-bond acceptors (Lipinski definition) is 3. The van der Waals surface area contributed by atoms with Gasteiger partial charge in [0.15, 0.2) is 0 Å². The third-order valence-electron chi connectivity index (χ3n) is 2.63. The van der Waals surface area contributed by atoms with Crippen molar-refractivity contribution in [3.05, 3.63) is 11.9 Å². The molecule has 1 N–H and O–H groups in total. The lowest BCUT2D eigenvalue weighted by atomic mass is 10.2. The fourth-order valence-electron chi connectivity index (χ4n) is 1.89. The van der Waals surface area contributed by atoms with E-state index in [0.29, 0.717) is 12.0 Å². The van der Waals surface area contributed by atoms with Crippen LogP contribution in [0.15, 0.2) is 6.20 Å². The van der Waals surface area contributed by atoms with Gasteiger partial charge < -0.3 is 14.8 Å². The molecule has 0 saturated heterocycles. The number of nitrogens with one attached hydrogen (secondary N) is 1. The summed E-state index contributed by atoms with van der Waals surface area (Å²) in [5, 5.41) is 3.42. The molecule has 0 radical (unpaired) electrons. The van der Waals surface area contributed by atoms with Crippen LogP contribution in [-0.2, 0) is 0 Å². The molecule has 4 nitrogen and oxygen atoms in total. The molecule has 0 aliphatic carbocycles. The molecule has 0 aromatic carbocycles. The molecule has 0 aliphatic heterocycles. The summed E-state index contributed by atoms with van der Waals surface area (Å²) in [7, 11) is 4.20. The van der Waals surface area contributed by atoms with E-state index in [9.17, 15) is 0 Å².